The number of ether oxygens (including phenoxy) is 3. The van der Waals surface area contributed by atoms with Gasteiger partial charge in [0.1, 0.15) is 5.70 Å². The Hall–Kier alpha value is -3.28. The Morgan fingerprint density at radius 1 is 0.963 bits per heavy atom. The van der Waals surface area contributed by atoms with Crippen molar-refractivity contribution in [2.45, 2.75) is 13.8 Å². The summed E-state index contributed by atoms with van der Waals surface area (Å²) in [5.41, 5.74) is 1.13. The number of carbonyl (C=O) groups excluding carboxylic acids is 2. The molecule has 142 valence electrons. The summed E-state index contributed by atoms with van der Waals surface area (Å²) in [6, 6.07) is 13.9. The van der Waals surface area contributed by atoms with Crippen molar-refractivity contribution < 1.29 is 23.8 Å². The van der Waals surface area contributed by atoms with E-state index in [0.29, 0.717) is 35.8 Å². The highest BCUT2D eigenvalue weighted by atomic mass is 16.5. The Bertz CT molecular complexity index is 815. The van der Waals surface area contributed by atoms with Gasteiger partial charge in [-0.1, -0.05) is 24.3 Å². The van der Waals surface area contributed by atoms with Crippen molar-refractivity contribution in [2.24, 2.45) is 0 Å². The number of amides is 1. The molecule has 2 aromatic carbocycles. The maximum Gasteiger partial charge on any atom is 0.354 e. The predicted octanol–water partition coefficient (Wildman–Crippen LogP) is 3.43. The van der Waals surface area contributed by atoms with Gasteiger partial charge in [-0.3, -0.25) is 4.79 Å². The highest BCUT2D eigenvalue weighted by Crippen LogP contribution is 2.29. The number of hydrogen-bond donors (Lipinski definition) is 1. The third-order valence-corrected chi connectivity index (χ3v) is 3.57. The van der Waals surface area contributed by atoms with Crippen molar-refractivity contribution >= 4 is 18.0 Å². The Kier molecular flexibility index (Phi) is 7.43. The first-order valence-electron chi connectivity index (χ1n) is 8.65. The van der Waals surface area contributed by atoms with Crippen LogP contribution in [0.15, 0.2) is 54.2 Å². The molecule has 0 saturated carbocycles. The van der Waals surface area contributed by atoms with Gasteiger partial charge >= 0.3 is 5.97 Å². The highest BCUT2D eigenvalue weighted by molar-refractivity contribution is 6.03. The van der Waals surface area contributed by atoms with Crippen molar-refractivity contribution in [1.29, 1.82) is 0 Å². The van der Waals surface area contributed by atoms with Crippen LogP contribution >= 0.6 is 0 Å². The van der Waals surface area contributed by atoms with E-state index in [2.05, 4.69) is 5.32 Å². The molecule has 0 radical (unpaired) electrons. The molecular weight excluding hydrogens is 346 g/mol. The van der Waals surface area contributed by atoms with Gasteiger partial charge in [0.05, 0.1) is 20.3 Å². The monoisotopic (exact) mass is 369 g/mol. The zero-order valence-electron chi connectivity index (χ0n) is 15.7. The van der Waals surface area contributed by atoms with Crippen LogP contribution in [0.2, 0.25) is 0 Å². The normalized spacial score (nSPS) is 10.9. The molecule has 27 heavy (non-hydrogen) atoms. The van der Waals surface area contributed by atoms with E-state index in [1.165, 1.54) is 13.2 Å². The molecule has 0 aliphatic rings. The molecule has 2 rings (SSSR count). The van der Waals surface area contributed by atoms with E-state index in [1.54, 1.807) is 42.5 Å². The van der Waals surface area contributed by atoms with E-state index in [4.69, 9.17) is 14.2 Å². The summed E-state index contributed by atoms with van der Waals surface area (Å²) in [6.45, 7) is 4.74. The molecule has 6 heteroatoms. The second kappa shape index (κ2) is 10.0. The Morgan fingerprint density at radius 2 is 1.63 bits per heavy atom. The molecule has 0 saturated heterocycles. The number of benzene rings is 2. The summed E-state index contributed by atoms with van der Waals surface area (Å²) < 4.78 is 15.9. The van der Waals surface area contributed by atoms with E-state index < -0.39 is 11.9 Å². The van der Waals surface area contributed by atoms with Crippen LogP contribution in [0.1, 0.15) is 29.8 Å². The summed E-state index contributed by atoms with van der Waals surface area (Å²) in [5, 5.41) is 2.60. The fraction of sp³-hybridized carbons (Fsp3) is 0.238. The third-order valence-electron chi connectivity index (χ3n) is 3.57. The number of carbonyl (C=O) groups is 2. The molecule has 0 heterocycles. The first kappa shape index (κ1) is 20.0. The lowest BCUT2D eigenvalue weighted by Crippen LogP contribution is -2.28. The first-order chi connectivity index (χ1) is 13.1. The molecule has 0 bridgehead atoms. The zero-order chi connectivity index (χ0) is 19.6. The largest absolute Gasteiger partial charge is 0.490 e. The van der Waals surface area contributed by atoms with E-state index >= 15 is 0 Å². The molecule has 0 spiro atoms. The second-order valence-electron chi connectivity index (χ2n) is 5.44. The number of hydrogen-bond acceptors (Lipinski definition) is 5. The summed E-state index contributed by atoms with van der Waals surface area (Å²) in [7, 11) is 1.26. The molecule has 6 nitrogen and oxygen atoms in total. The van der Waals surface area contributed by atoms with Crippen molar-refractivity contribution in [1.82, 2.24) is 5.32 Å². The summed E-state index contributed by atoms with van der Waals surface area (Å²) in [4.78, 5) is 24.5. The summed E-state index contributed by atoms with van der Waals surface area (Å²) in [6.07, 6.45) is 1.53. The van der Waals surface area contributed by atoms with Gasteiger partial charge in [-0.05, 0) is 49.8 Å². The average Bonchev–Trinajstić information content (AvgIpc) is 2.69. The molecule has 1 N–H and O–H groups in total. The Labute approximate surface area is 158 Å². The predicted molar refractivity (Wildman–Crippen MR) is 103 cm³/mol. The minimum Gasteiger partial charge on any atom is -0.490 e. The lowest BCUT2D eigenvalue weighted by molar-refractivity contribution is -0.136. The average molecular weight is 369 g/mol. The molecular formula is C21H23NO5. The van der Waals surface area contributed by atoms with E-state index in [1.807, 2.05) is 19.9 Å². The van der Waals surface area contributed by atoms with Crippen LogP contribution in [-0.2, 0) is 9.53 Å². The van der Waals surface area contributed by atoms with Crippen molar-refractivity contribution in [2.75, 3.05) is 20.3 Å². The molecule has 0 atom stereocenters. The summed E-state index contributed by atoms with van der Waals surface area (Å²) in [5.74, 6) is 0.130. The molecule has 1 amide bonds. The highest BCUT2D eigenvalue weighted by Gasteiger charge is 2.15. The number of methoxy groups -OCH3 is 1. The van der Waals surface area contributed by atoms with Gasteiger partial charge in [-0.15, -0.1) is 0 Å². The van der Waals surface area contributed by atoms with Gasteiger partial charge in [0.2, 0.25) is 0 Å². The van der Waals surface area contributed by atoms with Crippen LogP contribution in [0.5, 0.6) is 11.5 Å². The third kappa shape index (κ3) is 5.60. The minimum atomic E-state index is -0.647. The van der Waals surface area contributed by atoms with E-state index in [-0.39, 0.29) is 5.70 Å². The zero-order valence-corrected chi connectivity index (χ0v) is 15.7. The number of rotatable bonds is 8. The van der Waals surface area contributed by atoms with Crippen molar-refractivity contribution in [3.8, 4) is 11.5 Å². The van der Waals surface area contributed by atoms with Crippen LogP contribution in [0, 0.1) is 0 Å². The van der Waals surface area contributed by atoms with Gasteiger partial charge < -0.3 is 19.5 Å². The van der Waals surface area contributed by atoms with Crippen LogP contribution in [0.3, 0.4) is 0 Å². The Morgan fingerprint density at radius 3 is 2.26 bits per heavy atom. The van der Waals surface area contributed by atoms with Gasteiger partial charge in [0.25, 0.3) is 5.91 Å². The smallest absolute Gasteiger partial charge is 0.354 e. The maximum atomic E-state index is 12.4. The second-order valence-corrected chi connectivity index (χ2v) is 5.44. The fourth-order valence-corrected chi connectivity index (χ4v) is 2.36. The molecule has 0 unspecified atom stereocenters. The van der Waals surface area contributed by atoms with Crippen LogP contribution in [0.25, 0.3) is 6.08 Å². The van der Waals surface area contributed by atoms with Crippen molar-refractivity contribution in [3.63, 3.8) is 0 Å². The molecule has 0 aromatic heterocycles. The number of esters is 1. The van der Waals surface area contributed by atoms with Crippen molar-refractivity contribution in [3.05, 3.63) is 65.4 Å². The maximum absolute atomic E-state index is 12.4. The number of nitrogens with one attached hydrogen (secondary N) is 1. The first-order valence-corrected chi connectivity index (χ1v) is 8.65. The quantitative estimate of drug-likeness (QED) is 0.570. The Balaban J connectivity index is 2.33. The van der Waals surface area contributed by atoms with Crippen LogP contribution in [-0.4, -0.2) is 32.2 Å². The lowest BCUT2D eigenvalue weighted by Gasteiger charge is -2.12. The van der Waals surface area contributed by atoms with Crippen LogP contribution in [0.4, 0.5) is 0 Å². The van der Waals surface area contributed by atoms with Gasteiger partial charge in [0, 0.05) is 5.56 Å². The lowest BCUT2D eigenvalue weighted by atomic mass is 10.1. The standard InChI is InChI=1S/C21H23NO5/c1-4-26-18-12-11-15(14-19(18)27-5-2)13-17(21(24)25-3)22-20(23)16-9-7-6-8-10-16/h6-14H,4-5H2,1-3H3,(H,22,23). The van der Waals surface area contributed by atoms with Crippen LogP contribution < -0.4 is 14.8 Å². The van der Waals surface area contributed by atoms with Gasteiger partial charge in [-0.2, -0.15) is 0 Å². The van der Waals surface area contributed by atoms with Gasteiger partial charge in [-0.25, -0.2) is 4.79 Å². The fourth-order valence-electron chi connectivity index (χ4n) is 2.36. The van der Waals surface area contributed by atoms with E-state index in [9.17, 15) is 9.59 Å². The SMILES string of the molecule is CCOc1ccc(C=C(NC(=O)c2ccccc2)C(=O)OC)cc1OCC. The molecule has 0 fully saturated rings. The molecule has 0 aliphatic heterocycles. The topological polar surface area (TPSA) is 73.9 Å². The van der Waals surface area contributed by atoms with E-state index in [0.717, 1.165) is 0 Å². The molecule has 2 aromatic rings. The summed E-state index contributed by atoms with van der Waals surface area (Å²) >= 11 is 0. The minimum absolute atomic E-state index is 0.0259. The van der Waals surface area contributed by atoms with Gasteiger partial charge in [0.15, 0.2) is 11.5 Å². The molecule has 0 aliphatic carbocycles.